The van der Waals surface area contributed by atoms with Crippen molar-refractivity contribution in [3.8, 4) is 0 Å². The highest BCUT2D eigenvalue weighted by molar-refractivity contribution is 6.31. The van der Waals surface area contributed by atoms with E-state index in [4.69, 9.17) is 11.6 Å². The molecule has 0 bridgehead atoms. The van der Waals surface area contributed by atoms with Crippen LogP contribution in [0.15, 0.2) is 6.20 Å². The van der Waals surface area contributed by atoms with Gasteiger partial charge in [0.25, 0.3) is 0 Å². The van der Waals surface area contributed by atoms with Gasteiger partial charge in [-0.3, -0.25) is 9.58 Å². The molecule has 0 saturated carbocycles. The Labute approximate surface area is 114 Å². The van der Waals surface area contributed by atoms with E-state index in [2.05, 4.69) is 15.3 Å². The van der Waals surface area contributed by atoms with Crippen molar-refractivity contribution in [1.82, 2.24) is 20.0 Å². The maximum Gasteiger partial charge on any atom is 0.0831 e. The maximum absolute atomic E-state index is 6.12. The zero-order valence-electron chi connectivity index (χ0n) is 10.3. The SMILES string of the molecule is CNCC1CCCN1Cc1c(Cl)cnn1C.Cl. The van der Waals surface area contributed by atoms with Crippen molar-refractivity contribution in [1.29, 1.82) is 0 Å². The fourth-order valence-electron chi connectivity index (χ4n) is 2.38. The zero-order valence-corrected chi connectivity index (χ0v) is 11.9. The molecule has 1 saturated heterocycles. The van der Waals surface area contributed by atoms with Crippen LogP contribution in [-0.4, -0.2) is 40.9 Å². The number of likely N-dealkylation sites (tertiary alicyclic amines) is 1. The highest BCUT2D eigenvalue weighted by Crippen LogP contribution is 2.22. The summed E-state index contributed by atoms with van der Waals surface area (Å²) in [5, 5.41) is 8.20. The quantitative estimate of drug-likeness (QED) is 0.910. The molecule has 0 aromatic carbocycles. The normalized spacial score (nSPS) is 20.5. The van der Waals surface area contributed by atoms with E-state index >= 15 is 0 Å². The lowest BCUT2D eigenvalue weighted by atomic mass is 10.2. The Kier molecular flexibility index (Phi) is 5.73. The van der Waals surface area contributed by atoms with E-state index in [0.29, 0.717) is 6.04 Å². The molecule has 1 atom stereocenters. The van der Waals surface area contributed by atoms with Crippen LogP contribution in [0.4, 0.5) is 0 Å². The van der Waals surface area contributed by atoms with Crippen molar-refractivity contribution in [2.24, 2.45) is 7.05 Å². The number of halogens is 2. The van der Waals surface area contributed by atoms with Gasteiger partial charge < -0.3 is 5.32 Å². The largest absolute Gasteiger partial charge is 0.318 e. The zero-order chi connectivity index (χ0) is 11.5. The molecule has 2 heterocycles. The van der Waals surface area contributed by atoms with Gasteiger partial charge in [0.05, 0.1) is 16.9 Å². The molecule has 17 heavy (non-hydrogen) atoms. The third-order valence-corrected chi connectivity index (χ3v) is 3.62. The number of nitrogens with zero attached hydrogens (tertiary/aromatic N) is 3. The first-order chi connectivity index (χ1) is 7.72. The van der Waals surface area contributed by atoms with Crippen molar-refractivity contribution >= 4 is 24.0 Å². The summed E-state index contributed by atoms with van der Waals surface area (Å²) < 4.78 is 1.87. The average Bonchev–Trinajstić information content (AvgIpc) is 2.81. The lowest BCUT2D eigenvalue weighted by Crippen LogP contribution is -2.36. The van der Waals surface area contributed by atoms with Crippen molar-refractivity contribution in [2.75, 3.05) is 20.1 Å². The van der Waals surface area contributed by atoms with E-state index in [-0.39, 0.29) is 12.4 Å². The monoisotopic (exact) mass is 278 g/mol. The minimum Gasteiger partial charge on any atom is -0.318 e. The van der Waals surface area contributed by atoms with Crippen LogP contribution in [0.2, 0.25) is 5.02 Å². The molecular formula is C11H20Cl2N4. The topological polar surface area (TPSA) is 33.1 Å². The molecular weight excluding hydrogens is 259 g/mol. The van der Waals surface area contributed by atoms with E-state index in [1.54, 1.807) is 6.20 Å². The molecule has 0 spiro atoms. The predicted molar refractivity (Wildman–Crippen MR) is 72.8 cm³/mol. The summed E-state index contributed by atoms with van der Waals surface area (Å²) >= 11 is 6.12. The van der Waals surface area contributed by atoms with Crippen molar-refractivity contribution in [2.45, 2.75) is 25.4 Å². The van der Waals surface area contributed by atoms with Crippen LogP contribution in [0.5, 0.6) is 0 Å². The molecule has 1 aliphatic heterocycles. The van der Waals surface area contributed by atoms with Gasteiger partial charge in [0.1, 0.15) is 0 Å². The van der Waals surface area contributed by atoms with Crippen LogP contribution in [0.25, 0.3) is 0 Å². The summed E-state index contributed by atoms with van der Waals surface area (Å²) in [6, 6.07) is 0.635. The summed E-state index contributed by atoms with van der Waals surface area (Å²) in [6.45, 7) is 3.12. The highest BCUT2D eigenvalue weighted by Gasteiger charge is 2.25. The molecule has 2 rings (SSSR count). The first-order valence-corrected chi connectivity index (χ1v) is 6.15. The van der Waals surface area contributed by atoms with Gasteiger partial charge in [0.15, 0.2) is 0 Å². The molecule has 1 fully saturated rings. The molecule has 1 aromatic heterocycles. The Bertz CT molecular complexity index is 334. The predicted octanol–water partition coefficient (Wildman–Crippen LogP) is 1.68. The first kappa shape index (κ1) is 14.8. The Hall–Kier alpha value is -0.290. The average molecular weight is 279 g/mol. The Morgan fingerprint density at radius 1 is 1.59 bits per heavy atom. The molecule has 98 valence electrons. The van der Waals surface area contributed by atoms with Crippen molar-refractivity contribution in [3.05, 3.63) is 16.9 Å². The third-order valence-electron chi connectivity index (χ3n) is 3.30. The second-order valence-corrected chi connectivity index (χ2v) is 4.79. The third kappa shape index (κ3) is 3.35. The molecule has 1 aliphatic rings. The summed E-state index contributed by atoms with van der Waals surface area (Å²) in [4.78, 5) is 2.49. The van der Waals surface area contributed by atoms with E-state index in [1.165, 1.54) is 12.8 Å². The van der Waals surface area contributed by atoms with Gasteiger partial charge in [-0.05, 0) is 26.4 Å². The standard InChI is InChI=1S/C11H19ClN4.ClH/c1-13-6-9-4-3-5-16(9)8-11-10(12)7-14-15(11)2;/h7,9,13H,3-6,8H2,1-2H3;1H. The first-order valence-electron chi connectivity index (χ1n) is 5.77. The van der Waals surface area contributed by atoms with Crippen molar-refractivity contribution < 1.29 is 0 Å². The number of nitrogens with one attached hydrogen (secondary N) is 1. The minimum absolute atomic E-state index is 0. The summed E-state index contributed by atoms with van der Waals surface area (Å²) in [5.41, 5.74) is 1.12. The smallest absolute Gasteiger partial charge is 0.0831 e. The Balaban J connectivity index is 0.00000144. The molecule has 0 aliphatic carbocycles. The van der Waals surface area contributed by atoms with Gasteiger partial charge in [-0.25, -0.2) is 0 Å². The van der Waals surface area contributed by atoms with Gasteiger partial charge in [0.2, 0.25) is 0 Å². The molecule has 0 radical (unpaired) electrons. The fraction of sp³-hybridized carbons (Fsp3) is 0.727. The van der Waals surface area contributed by atoms with Gasteiger partial charge >= 0.3 is 0 Å². The number of hydrogen-bond donors (Lipinski definition) is 1. The molecule has 1 aromatic rings. The van der Waals surface area contributed by atoms with Gasteiger partial charge in [0, 0.05) is 26.2 Å². The van der Waals surface area contributed by atoms with Crippen LogP contribution < -0.4 is 5.32 Å². The number of aryl methyl sites for hydroxylation is 1. The Morgan fingerprint density at radius 2 is 2.35 bits per heavy atom. The lowest BCUT2D eigenvalue weighted by Gasteiger charge is -2.24. The van der Waals surface area contributed by atoms with Crippen LogP contribution in [0.3, 0.4) is 0 Å². The minimum atomic E-state index is 0. The molecule has 6 heteroatoms. The van der Waals surface area contributed by atoms with Crippen LogP contribution >= 0.6 is 24.0 Å². The number of hydrogen-bond acceptors (Lipinski definition) is 3. The second kappa shape index (κ2) is 6.59. The van der Waals surface area contributed by atoms with Crippen molar-refractivity contribution in [3.63, 3.8) is 0 Å². The van der Waals surface area contributed by atoms with Crippen LogP contribution in [-0.2, 0) is 13.6 Å². The summed E-state index contributed by atoms with van der Waals surface area (Å²) in [5.74, 6) is 0. The highest BCUT2D eigenvalue weighted by atomic mass is 35.5. The second-order valence-electron chi connectivity index (χ2n) is 4.39. The lowest BCUT2D eigenvalue weighted by molar-refractivity contribution is 0.236. The molecule has 0 amide bonds. The number of aromatic nitrogens is 2. The summed E-state index contributed by atoms with van der Waals surface area (Å²) in [7, 11) is 3.96. The van der Waals surface area contributed by atoms with Gasteiger partial charge in [-0.15, -0.1) is 12.4 Å². The molecule has 1 unspecified atom stereocenters. The van der Waals surface area contributed by atoms with Gasteiger partial charge in [-0.2, -0.15) is 5.10 Å². The van der Waals surface area contributed by atoms with Gasteiger partial charge in [-0.1, -0.05) is 11.6 Å². The van der Waals surface area contributed by atoms with Crippen LogP contribution in [0, 0.1) is 0 Å². The number of likely N-dealkylation sites (N-methyl/N-ethyl adjacent to an activating group) is 1. The van der Waals surface area contributed by atoms with Crippen LogP contribution in [0.1, 0.15) is 18.5 Å². The van der Waals surface area contributed by atoms with E-state index in [1.807, 2.05) is 18.8 Å². The van der Waals surface area contributed by atoms with E-state index in [0.717, 1.165) is 30.4 Å². The molecule has 1 N–H and O–H groups in total. The van der Waals surface area contributed by atoms with E-state index < -0.39 is 0 Å². The Morgan fingerprint density at radius 3 is 2.94 bits per heavy atom. The van der Waals surface area contributed by atoms with E-state index in [9.17, 15) is 0 Å². The summed E-state index contributed by atoms with van der Waals surface area (Å²) in [6.07, 6.45) is 4.28. The maximum atomic E-state index is 6.12. The fourth-order valence-corrected chi connectivity index (χ4v) is 2.60. The number of rotatable bonds is 4. The molecule has 4 nitrogen and oxygen atoms in total.